The Labute approximate surface area is 329 Å². The molecule has 0 saturated carbocycles. The summed E-state index contributed by atoms with van der Waals surface area (Å²) in [5.41, 5.74) is 3.16. The predicted octanol–water partition coefficient (Wildman–Crippen LogP) is 15.0. The maximum absolute atomic E-state index is 2.58. The topological polar surface area (TPSA) is 0 Å². The molecule has 0 atom stereocenters. The largest absolute Gasteiger partial charge is 0.116 e. The molecule has 16 heteroatoms. The van der Waals surface area contributed by atoms with Crippen LogP contribution in [0, 0.1) is 0 Å². The molecule has 0 radical (unpaired) electrons. The van der Waals surface area contributed by atoms with E-state index in [2.05, 4.69) is 153 Å². The van der Waals surface area contributed by atoms with E-state index >= 15 is 0 Å². The second kappa shape index (κ2) is 16.9. The molecule has 0 bridgehead atoms. The molecule has 0 amide bonds. The van der Waals surface area contributed by atoms with Gasteiger partial charge < -0.3 is 0 Å². The van der Waals surface area contributed by atoms with Gasteiger partial charge in [0.2, 0.25) is 0 Å². The zero-order valence-corrected chi connectivity index (χ0v) is 36.2. The molecule has 0 aromatic heterocycles. The Hall–Kier alpha value is 3.52. The van der Waals surface area contributed by atoms with E-state index in [0.29, 0.717) is 0 Å². The van der Waals surface area contributed by atoms with Gasteiger partial charge in [-0.3, -0.25) is 0 Å². The quantitative estimate of drug-likeness (QED) is 0.223. The molecular weight excluding hydrogens is 849 g/mol. The van der Waals surface area contributed by atoms with E-state index in [1.807, 2.05) is 47.0 Å². The average Bonchev–Trinajstić information content (AvgIpc) is 3.84. The van der Waals surface area contributed by atoms with Gasteiger partial charge in [0.25, 0.3) is 0 Å². The molecule has 8 rings (SSSR count). The van der Waals surface area contributed by atoms with Crippen molar-refractivity contribution in [2.24, 2.45) is 0 Å². The van der Waals surface area contributed by atoms with Gasteiger partial charge >= 0.3 is 0 Å². The Bertz CT molecular complexity index is 1280. The summed E-state index contributed by atoms with van der Waals surface area (Å²) in [5.74, 6) is 10.0. The van der Waals surface area contributed by atoms with Gasteiger partial charge in [-0.25, -0.2) is 0 Å². The SMILES string of the molecule is C(=C1SC2=C(SCCS2)S1)C(CCCCC(C=C1SC2=C(SCCS2)S1)=C1SC2=C(SCCS2)S1)=C1SC2=C(SCCS2)S1. The van der Waals surface area contributed by atoms with E-state index in [9.17, 15) is 0 Å². The van der Waals surface area contributed by atoms with Crippen LogP contribution in [0.4, 0.5) is 0 Å². The third-order valence-electron chi connectivity index (χ3n) is 6.63. The zero-order chi connectivity index (χ0) is 29.3. The summed E-state index contributed by atoms with van der Waals surface area (Å²) in [4.78, 5) is 0. The van der Waals surface area contributed by atoms with Gasteiger partial charge in [-0.1, -0.05) is 94.1 Å². The molecule has 234 valence electrons. The first-order valence-corrected chi connectivity index (χ1v) is 28.5. The monoisotopic (exact) mass is 874 g/mol. The molecule has 0 saturated heterocycles. The minimum absolute atomic E-state index is 1.17. The van der Waals surface area contributed by atoms with Crippen LogP contribution in [0.2, 0.25) is 0 Å². The zero-order valence-electron chi connectivity index (χ0n) is 23.2. The van der Waals surface area contributed by atoms with Gasteiger partial charge in [-0.2, -0.15) is 0 Å². The predicted molar refractivity (Wildman–Crippen MR) is 237 cm³/mol. The van der Waals surface area contributed by atoms with E-state index in [4.69, 9.17) is 0 Å². The van der Waals surface area contributed by atoms with E-state index in [-0.39, 0.29) is 0 Å². The standard InChI is InChI=1S/C28H26S16/c1(3-15(19-41-25-26(42-19)34-10-9-33-25)13-17-37-21-22(38-17)30-6-5-29-21)2-4-16(20-43-27-28(44-20)36-12-11-35-27)14-18-39-23-24(40-18)32-8-7-31-23/h13-14H,1-12H2. The average molecular weight is 876 g/mol. The molecule has 8 aliphatic rings. The first kappa shape index (κ1) is 34.6. The molecular formula is C28H26S16. The highest BCUT2D eigenvalue weighted by Gasteiger charge is 2.31. The molecule has 44 heavy (non-hydrogen) atoms. The van der Waals surface area contributed by atoms with Crippen LogP contribution in [-0.4, -0.2) is 46.0 Å². The normalized spacial score (nSPS) is 25.2. The second-order valence-electron chi connectivity index (χ2n) is 9.66. The summed E-state index contributed by atoms with van der Waals surface area (Å²) in [7, 11) is 0. The van der Waals surface area contributed by atoms with E-state index in [0.717, 1.165) is 0 Å². The van der Waals surface area contributed by atoms with Gasteiger partial charge in [0.15, 0.2) is 0 Å². The summed E-state index contributed by atoms with van der Waals surface area (Å²) in [6.45, 7) is 0. The Morgan fingerprint density at radius 2 is 0.614 bits per heavy atom. The number of hydrogen-bond donors (Lipinski definition) is 0. The van der Waals surface area contributed by atoms with Gasteiger partial charge in [0, 0.05) is 46.0 Å². The Balaban J connectivity index is 0.975. The fourth-order valence-electron chi connectivity index (χ4n) is 4.66. The van der Waals surface area contributed by atoms with Crippen molar-refractivity contribution >= 4 is 188 Å². The lowest BCUT2D eigenvalue weighted by Crippen LogP contribution is -1.88. The van der Waals surface area contributed by atoms with Crippen molar-refractivity contribution < 1.29 is 0 Å². The first-order chi connectivity index (χ1) is 21.7. The fourth-order valence-corrected chi connectivity index (χ4v) is 28.5. The molecule has 8 heterocycles. The van der Waals surface area contributed by atoms with Gasteiger partial charge in [0.05, 0.1) is 50.8 Å². The van der Waals surface area contributed by atoms with Crippen molar-refractivity contribution in [1.82, 2.24) is 0 Å². The number of unbranched alkanes of at least 4 members (excludes halogenated alkanes) is 1. The number of allylic oxidation sites excluding steroid dienone is 4. The molecule has 0 spiro atoms. The van der Waals surface area contributed by atoms with Crippen LogP contribution < -0.4 is 0 Å². The maximum Gasteiger partial charge on any atom is 0.0660 e. The minimum Gasteiger partial charge on any atom is -0.116 e. The Morgan fingerprint density at radius 3 is 0.886 bits per heavy atom. The lowest BCUT2D eigenvalue weighted by molar-refractivity contribution is 0.739. The second-order valence-corrected chi connectivity index (χ2v) is 29.9. The van der Waals surface area contributed by atoms with Gasteiger partial charge in [0.1, 0.15) is 0 Å². The Kier molecular flexibility index (Phi) is 13.3. The summed E-state index contributed by atoms with van der Waals surface area (Å²) in [6.07, 6.45) is 9.98. The molecule has 0 N–H and O–H groups in total. The van der Waals surface area contributed by atoms with Crippen LogP contribution >= 0.6 is 188 Å². The van der Waals surface area contributed by atoms with Crippen molar-refractivity contribution in [2.75, 3.05) is 46.0 Å². The van der Waals surface area contributed by atoms with Crippen LogP contribution in [0.15, 0.2) is 74.1 Å². The molecule has 0 aromatic carbocycles. The highest BCUT2D eigenvalue weighted by Crippen LogP contribution is 2.64. The van der Waals surface area contributed by atoms with Crippen LogP contribution in [0.5, 0.6) is 0 Å². The lowest BCUT2D eigenvalue weighted by Gasteiger charge is -2.11. The summed E-state index contributed by atoms with van der Waals surface area (Å²) in [5, 5.41) is 0. The van der Waals surface area contributed by atoms with E-state index in [1.54, 1.807) is 53.5 Å². The number of thioether (sulfide) groups is 16. The smallest absolute Gasteiger partial charge is 0.0660 e. The third-order valence-corrected chi connectivity index (χ3v) is 29.7. The highest BCUT2D eigenvalue weighted by atomic mass is 32.3. The van der Waals surface area contributed by atoms with Crippen LogP contribution in [0.1, 0.15) is 25.7 Å². The molecule has 0 nitrogen and oxygen atoms in total. The first-order valence-electron chi connectivity index (χ1n) is 14.1. The van der Waals surface area contributed by atoms with Gasteiger partial charge in [-0.05, 0) is 49.0 Å². The van der Waals surface area contributed by atoms with Crippen molar-refractivity contribution in [3.8, 4) is 0 Å². The van der Waals surface area contributed by atoms with Crippen molar-refractivity contribution in [2.45, 2.75) is 25.7 Å². The van der Waals surface area contributed by atoms with Crippen LogP contribution in [-0.2, 0) is 0 Å². The molecule has 0 aromatic rings. The fraction of sp³-hybridized carbons (Fsp3) is 0.429. The van der Waals surface area contributed by atoms with Crippen molar-refractivity contribution in [3.05, 3.63) is 74.1 Å². The molecule has 0 unspecified atom stereocenters. The van der Waals surface area contributed by atoms with Crippen molar-refractivity contribution in [3.63, 3.8) is 0 Å². The number of rotatable bonds is 7. The van der Waals surface area contributed by atoms with Crippen molar-refractivity contribution in [1.29, 1.82) is 0 Å². The third kappa shape index (κ3) is 8.58. The molecule has 0 fully saturated rings. The molecule has 0 aliphatic carbocycles. The maximum atomic E-state index is 2.58. The Morgan fingerprint density at radius 1 is 0.364 bits per heavy atom. The van der Waals surface area contributed by atoms with E-state index < -0.39 is 0 Å². The molecule has 8 aliphatic heterocycles. The number of hydrogen-bond acceptors (Lipinski definition) is 16. The van der Waals surface area contributed by atoms with Gasteiger partial charge in [-0.15, -0.1) is 94.1 Å². The van der Waals surface area contributed by atoms with Crippen LogP contribution in [0.3, 0.4) is 0 Å². The lowest BCUT2D eigenvalue weighted by atomic mass is 10.1. The summed E-state index contributed by atoms with van der Waals surface area (Å²) < 4.78 is 18.5. The summed E-state index contributed by atoms with van der Waals surface area (Å²) in [6, 6.07) is 0. The highest BCUT2D eigenvalue weighted by molar-refractivity contribution is 8.43. The van der Waals surface area contributed by atoms with E-state index in [1.165, 1.54) is 80.2 Å². The minimum atomic E-state index is 1.17. The van der Waals surface area contributed by atoms with Crippen LogP contribution in [0.25, 0.3) is 0 Å². The summed E-state index contributed by atoms with van der Waals surface area (Å²) >= 11 is 33.0.